The minimum atomic E-state index is -0.693. The van der Waals surface area contributed by atoms with Crippen LogP contribution in [0.15, 0.2) is 39.9 Å². The van der Waals surface area contributed by atoms with E-state index in [0.717, 1.165) is 9.44 Å². The molecule has 8 nitrogen and oxygen atoms in total. The second kappa shape index (κ2) is 6.36. The molecular weight excluding hydrogens is 344 g/mol. The summed E-state index contributed by atoms with van der Waals surface area (Å²) in [7, 11) is 0. The highest BCUT2D eigenvalue weighted by atomic mass is 32.1. The average molecular weight is 358 g/mol. The summed E-state index contributed by atoms with van der Waals surface area (Å²) < 4.78 is 0.816. The molecule has 2 amide bonds. The number of hydrogen-bond acceptors (Lipinski definition) is 5. The highest BCUT2D eigenvalue weighted by Gasteiger charge is 2.15. The number of para-hydroxylation sites is 1. The first kappa shape index (κ1) is 16.7. The zero-order valence-corrected chi connectivity index (χ0v) is 14.0. The van der Waals surface area contributed by atoms with Gasteiger partial charge in [-0.2, -0.15) is 0 Å². The fraction of sp³-hybridized carbons (Fsp3) is 0.125. The van der Waals surface area contributed by atoms with E-state index in [9.17, 15) is 19.2 Å². The number of nitrogens with one attached hydrogen (secondary N) is 2. The van der Waals surface area contributed by atoms with Gasteiger partial charge in [-0.25, -0.2) is 4.79 Å². The first-order valence-corrected chi connectivity index (χ1v) is 8.10. The lowest BCUT2D eigenvalue weighted by molar-refractivity contribution is -0.116. The third-order valence-corrected chi connectivity index (χ3v) is 4.53. The van der Waals surface area contributed by atoms with Gasteiger partial charge in [-0.15, -0.1) is 11.3 Å². The summed E-state index contributed by atoms with van der Waals surface area (Å²) in [6, 6.07) is 7.88. The summed E-state index contributed by atoms with van der Waals surface area (Å²) in [4.78, 5) is 52.1. The van der Waals surface area contributed by atoms with Crippen LogP contribution in [0.25, 0.3) is 10.2 Å². The molecule has 0 aliphatic carbocycles. The minimum absolute atomic E-state index is 0.140. The predicted octanol–water partition coefficient (Wildman–Crippen LogP) is 0.797. The summed E-state index contributed by atoms with van der Waals surface area (Å²) in [5.41, 5.74) is 4.41. The standard InChI is InChI=1S/C16H14N4O4S/c1-8-6-10-14(25-8)19-16(24)20(15(10)23)7-12(21)18-11-5-3-2-4-9(11)13(17)22/h2-6H,7H2,1H3,(H2,17,22)(H,18,21)(H,19,24). The maximum atomic E-state index is 12.4. The Kier molecular flexibility index (Phi) is 4.24. The van der Waals surface area contributed by atoms with Crippen molar-refractivity contribution in [3.8, 4) is 0 Å². The van der Waals surface area contributed by atoms with Crippen LogP contribution in [0.5, 0.6) is 0 Å². The molecule has 25 heavy (non-hydrogen) atoms. The van der Waals surface area contributed by atoms with Gasteiger partial charge in [-0.3, -0.25) is 23.9 Å². The van der Waals surface area contributed by atoms with Crippen molar-refractivity contribution in [3.05, 3.63) is 61.6 Å². The molecule has 4 N–H and O–H groups in total. The number of fused-ring (bicyclic) bond motifs is 1. The van der Waals surface area contributed by atoms with Crippen LogP contribution < -0.4 is 22.3 Å². The fourth-order valence-electron chi connectivity index (χ4n) is 2.45. The minimum Gasteiger partial charge on any atom is -0.366 e. The molecular formula is C16H14N4O4S. The molecule has 0 atom stereocenters. The number of primary amides is 1. The number of anilines is 1. The number of carbonyl (C=O) groups is 2. The van der Waals surface area contributed by atoms with Gasteiger partial charge in [0.1, 0.15) is 11.4 Å². The van der Waals surface area contributed by atoms with E-state index >= 15 is 0 Å². The van der Waals surface area contributed by atoms with E-state index < -0.39 is 29.6 Å². The van der Waals surface area contributed by atoms with Gasteiger partial charge in [0.15, 0.2) is 0 Å². The van der Waals surface area contributed by atoms with Gasteiger partial charge < -0.3 is 11.1 Å². The van der Waals surface area contributed by atoms with Crippen molar-refractivity contribution in [3.63, 3.8) is 0 Å². The number of thiophene rings is 1. The molecule has 0 saturated carbocycles. The van der Waals surface area contributed by atoms with Crippen LogP contribution in [0.1, 0.15) is 15.2 Å². The second-order valence-electron chi connectivity index (χ2n) is 5.38. The number of nitrogens with zero attached hydrogens (tertiary/aromatic N) is 1. The number of hydrogen-bond donors (Lipinski definition) is 3. The molecule has 2 heterocycles. The Morgan fingerprint density at radius 3 is 2.72 bits per heavy atom. The quantitative estimate of drug-likeness (QED) is 0.637. The van der Waals surface area contributed by atoms with E-state index in [-0.39, 0.29) is 11.3 Å². The monoisotopic (exact) mass is 358 g/mol. The van der Waals surface area contributed by atoms with Gasteiger partial charge in [-0.1, -0.05) is 12.1 Å². The van der Waals surface area contributed by atoms with Crippen molar-refractivity contribution >= 4 is 39.1 Å². The smallest absolute Gasteiger partial charge is 0.329 e. The van der Waals surface area contributed by atoms with E-state index in [2.05, 4.69) is 10.3 Å². The van der Waals surface area contributed by atoms with Crippen LogP contribution in [0, 0.1) is 6.92 Å². The number of carbonyl (C=O) groups excluding carboxylic acids is 2. The Balaban J connectivity index is 1.92. The molecule has 0 saturated heterocycles. The highest BCUT2D eigenvalue weighted by molar-refractivity contribution is 7.18. The van der Waals surface area contributed by atoms with Gasteiger partial charge in [0, 0.05) is 4.88 Å². The number of rotatable bonds is 4. The number of aromatic nitrogens is 2. The summed E-state index contributed by atoms with van der Waals surface area (Å²) in [6.45, 7) is 1.34. The lowest BCUT2D eigenvalue weighted by atomic mass is 10.1. The molecule has 0 aliphatic rings. The Morgan fingerprint density at radius 1 is 1.28 bits per heavy atom. The van der Waals surface area contributed by atoms with E-state index in [4.69, 9.17) is 5.73 Å². The van der Waals surface area contributed by atoms with E-state index in [1.165, 1.54) is 23.5 Å². The molecule has 0 unspecified atom stereocenters. The fourth-order valence-corrected chi connectivity index (χ4v) is 3.35. The summed E-state index contributed by atoms with van der Waals surface area (Å²) in [5.74, 6) is -1.31. The Hall–Kier alpha value is -3.20. The van der Waals surface area contributed by atoms with Crippen molar-refractivity contribution in [2.24, 2.45) is 5.73 Å². The molecule has 0 spiro atoms. The molecule has 0 bridgehead atoms. The number of aromatic amines is 1. The molecule has 2 aromatic heterocycles. The van der Waals surface area contributed by atoms with Crippen LogP contribution in [-0.2, 0) is 11.3 Å². The Morgan fingerprint density at radius 2 is 2.00 bits per heavy atom. The summed E-state index contributed by atoms with van der Waals surface area (Å²) >= 11 is 1.30. The molecule has 0 aliphatic heterocycles. The topological polar surface area (TPSA) is 127 Å². The van der Waals surface area contributed by atoms with Crippen LogP contribution in [0.4, 0.5) is 5.69 Å². The lowest BCUT2D eigenvalue weighted by Crippen LogP contribution is -2.38. The van der Waals surface area contributed by atoms with Gasteiger partial charge in [0.2, 0.25) is 5.91 Å². The highest BCUT2D eigenvalue weighted by Crippen LogP contribution is 2.18. The van der Waals surface area contributed by atoms with Crippen molar-refractivity contribution in [2.45, 2.75) is 13.5 Å². The molecule has 128 valence electrons. The number of nitrogens with two attached hydrogens (primary N) is 1. The molecule has 0 radical (unpaired) electrons. The number of aryl methyl sites for hydroxylation is 1. The first-order chi connectivity index (χ1) is 11.9. The van der Waals surface area contributed by atoms with Crippen molar-refractivity contribution in [2.75, 3.05) is 5.32 Å². The van der Waals surface area contributed by atoms with Crippen molar-refractivity contribution in [1.29, 1.82) is 0 Å². The predicted molar refractivity (Wildman–Crippen MR) is 95.0 cm³/mol. The zero-order chi connectivity index (χ0) is 18.1. The van der Waals surface area contributed by atoms with Crippen molar-refractivity contribution in [1.82, 2.24) is 9.55 Å². The normalized spacial score (nSPS) is 10.8. The SMILES string of the molecule is Cc1cc2c(=O)n(CC(=O)Nc3ccccc3C(N)=O)c(=O)[nH]c2s1. The summed E-state index contributed by atoms with van der Waals surface area (Å²) in [6.07, 6.45) is 0. The van der Waals surface area contributed by atoms with Gasteiger partial charge in [0.25, 0.3) is 11.5 Å². The average Bonchev–Trinajstić information content (AvgIpc) is 2.92. The van der Waals surface area contributed by atoms with Gasteiger partial charge >= 0.3 is 5.69 Å². The van der Waals surface area contributed by atoms with E-state index in [1.54, 1.807) is 18.2 Å². The zero-order valence-electron chi connectivity index (χ0n) is 13.2. The Labute approximate surface area is 144 Å². The van der Waals surface area contributed by atoms with Crippen LogP contribution in [0.3, 0.4) is 0 Å². The van der Waals surface area contributed by atoms with Gasteiger partial charge in [-0.05, 0) is 25.1 Å². The van der Waals surface area contributed by atoms with Crippen LogP contribution >= 0.6 is 11.3 Å². The van der Waals surface area contributed by atoms with Gasteiger partial charge in [0.05, 0.1) is 16.6 Å². The third kappa shape index (κ3) is 3.22. The lowest BCUT2D eigenvalue weighted by Gasteiger charge is -2.09. The maximum absolute atomic E-state index is 12.4. The molecule has 9 heteroatoms. The summed E-state index contributed by atoms with van der Waals surface area (Å²) in [5, 5.41) is 2.85. The van der Waals surface area contributed by atoms with E-state index in [0.29, 0.717) is 10.2 Å². The van der Waals surface area contributed by atoms with Crippen LogP contribution in [-0.4, -0.2) is 21.4 Å². The van der Waals surface area contributed by atoms with E-state index in [1.807, 2.05) is 6.92 Å². The molecule has 0 fully saturated rings. The Bertz CT molecular complexity index is 1110. The second-order valence-corrected chi connectivity index (χ2v) is 6.64. The van der Waals surface area contributed by atoms with Crippen molar-refractivity contribution < 1.29 is 9.59 Å². The molecule has 3 rings (SSSR count). The number of H-pyrrole nitrogens is 1. The maximum Gasteiger partial charge on any atom is 0.329 e. The van der Waals surface area contributed by atoms with Crippen LogP contribution in [0.2, 0.25) is 0 Å². The third-order valence-electron chi connectivity index (χ3n) is 3.56. The first-order valence-electron chi connectivity index (χ1n) is 7.29. The molecule has 3 aromatic rings. The number of benzene rings is 1. The largest absolute Gasteiger partial charge is 0.366 e. The molecule has 1 aromatic carbocycles. The number of amides is 2.